The first kappa shape index (κ1) is 26.9. The molecule has 1 fully saturated rings. The minimum atomic E-state index is -0.850. The lowest BCUT2D eigenvalue weighted by Crippen LogP contribution is -2.32. The molecule has 0 aliphatic carbocycles. The van der Waals surface area contributed by atoms with Gasteiger partial charge in [-0.3, -0.25) is 9.59 Å². The van der Waals surface area contributed by atoms with E-state index in [-0.39, 0.29) is 11.3 Å². The zero-order valence-electron chi connectivity index (χ0n) is 21.7. The number of methoxy groups -OCH3 is 3. The maximum absolute atomic E-state index is 13.3. The zero-order chi connectivity index (χ0) is 26.4. The summed E-state index contributed by atoms with van der Waals surface area (Å²) in [5.41, 5.74) is 0.925. The number of likely N-dealkylation sites (tertiary alicyclic amines) is 1. The number of rotatable bonds is 11. The number of aliphatic hydroxyl groups excluding tert-OH is 1. The van der Waals surface area contributed by atoms with Gasteiger partial charge in [-0.15, -0.1) is 0 Å². The molecule has 1 N–H and O–H groups in total. The van der Waals surface area contributed by atoms with Crippen molar-refractivity contribution in [3.05, 3.63) is 53.1 Å². The predicted octanol–water partition coefficient (Wildman–Crippen LogP) is 3.48. The summed E-state index contributed by atoms with van der Waals surface area (Å²) in [6.45, 7) is 3.35. The molecule has 1 unspecified atom stereocenters. The lowest BCUT2D eigenvalue weighted by atomic mass is 9.94. The maximum atomic E-state index is 13.3. The molecule has 2 aromatic rings. The first-order valence-electron chi connectivity index (χ1n) is 11.7. The molecular formula is C27H34N2O7. The number of amides is 1. The largest absolute Gasteiger partial charge is 0.507 e. The zero-order valence-corrected chi connectivity index (χ0v) is 21.7. The average Bonchev–Trinajstić information content (AvgIpc) is 3.12. The molecule has 1 amide bonds. The summed E-state index contributed by atoms with van der Waals surface area (Å²) in [6, 6.07) is 9.34. The number of ether oxygens (including phenoxy) is 4. The van der Waals surface area contributed by atoms with Gasteiger partial charge in [0, 0.05) is 12.1 Å². The molecule has 0 spiro atoms. The average molecular weight is 499 g/mol. The van der Waals surface area contributed by atoms with E-state index >= 15 is 0 Å². The van der Waals surface area contributed by atoms with Gasteiger partial charge in [0.15, 0.2) is 11.5 Å². The molecule has 1 heterocycles. The van der Waals surface area contributed by atoms with Crippen LogP contribution in [0.1, 0.15) is 30.5 Å². The van der Waals surface area contributed by atoms with Crippen molar-refractivity contribution in [1.29, 1.82) is 0 Å². The van der Waals surface area contributed by atoms with Gasteiger partial charge in [0.1, 0.15) is 11.5 Å². The molecule has 1 aliphatic rings. The number of hydrogen-bond acceptors (Lipinski definition) is 8. The van der Waals surface area contributed by atoms with Gasteiger partial charge < -0.3 is 33.9 Å². The highest BCUT2D eigenvalue weighted by atomic mass is 16.5. The van der Waals surface area contributed by atoms with E-state index < -0.39 is 17.7 Å². The second kappa shape index (κ2) is 11.8. The Kier molecular flexibility index (Phi) is 8.82. The van der Waals surface area contributed by atoms with Crippen LogP contribution in [0.5, 0.6) is 23.0 Å². The summed E-state index contributed by atoms with van der Waals surface area (Å²) in [7, 11) is 8.37. The molecule has 0 saturated carbocycles. The smallest absolute Gasteiger partial charge is 0.295 e. The highest BCUT2D eigenvalue weighted by molar-refractivity contribution is 6.46. The fraction of sp³-hybridized carbons (Fsp3) is 0.407. The predicted molar refractivity (Wildman–Crippen MR) is 136 cm³/mol. The fourth-order valence-electron chi connectivity index (χ4n) is 4.33. The standard InChI is InChI=1S/C27H34N2O7/c1-7-36-19-11-8-10-17(14-19)24(30)22-23(29(27(32)25(22)31)13-9-12-28(2)3)18-15-20(33-4)26(35-6)21(16-18)34-5/h8,10-11,14-16,23,30H,7,9,12-13H2,1-6H3. The first-order valence-corrected chi connectivity index (χ1v) is 11.7. The Balaban J connectivity index is 2.21. The van der Waals surface area contributed by atoms with E-state index in [2.05, 4.69) is 0 Å². The van der Waals surface area contributed by atoms with Crippen molar-refractivity contribution >= 4 is 17.4 Å². The number of Topliss-reactive ketones (excluding diaryl/α,β-unsaturated/α-hetero) is 1. The molecule has 1 saturated heterocycles. The normalized spacial score (nSPS) is 17.0. The van der Waals surface area contributed by atoms with Crippen molar-refractivity contribution in [3.63, 3.8) is 0 Å². The number of aliphatic hydroxyl groups is 1. The van der Waals surface area contributed by atoms with E-state index in [9.17, 15) is 14.7 Å². The lowest BCUT2D eigenvalue weighted by molar-refractivity contribution is -0.139. The van der Waals surface area contributed by atoms with E-state index in [4.69, 9.17) is 18.9 Å². The van der Waals surface area contributed by atoms with Crippen molar-refractivity contribution in [3.8, 4) is 23.0 Å². The fourth-order valence-corrected chi connectivity index (χ4v) is 4.33. The van der Waals surface area contributed by atoms with Crippen LogP contribution in [0.3, 0.4) is 0 Å². The molecule has 36 heavy (non-hydrogen) atoms. The first-order chi connectivity index (χ1) is 17.3. The van der Waals surface area contributed by atoms with Gasteiger partial charge in [-0.2, -0.15) is 0 Å². The minimum absolute atomic E-state index is 0.00669. The molecule has 2 aromatic carbocycles. The Labute approximate surface area is 211 Å². The summed E-state index contributed by atoms with van der Waals surface area (Å²) in [5.74, 6) is -0.00586. The quantitative estimate of drug-likeness (QED) is 0.286. The monoisotopic (exact) mass is 498 g/mol. The van der Waals surface area contributed by atoms with E-state index in [1.54, 1.807) is 36.4 Å². The molecule has 0 radical (unpaired) electrons. The van der Waals surface area contributed by atoms with E-state index in [1.807, 2.05) is 25.9 Å². The van der Waals surface area contributed by atoms with Crippen LogP contribution in [0, 0.1) is 0 Å². The number of carbonyl (C=O) groups excluding carboxylic acids is 2. The van der Waals surface area contributed by atoms with Crippen LogP contribution in [-0.2, 0) is 9.59 Å². The topological polar surface area (TPSA) is 97.8 Å². The van der Waals surface area contributed by atoms with Crippen LogP contribution >= 0.6 is 0 Å². The summed E-state index contributed by atoms with van der Waals surface area (Å²) >= 11 is 0. The van der Waals surface area contributed by atoms with Crippen LogP contribution in [0.4, 0.5) is 0 Å². The molecule has 1 atom stereocenters. The van der Waals surface area contributed by atoms with Gasteiger partial charge in [0.2, 0.25) is 5.75 Å². The van der Waals surface area contributed by atoms with Crippen molar-refractivity contribution < 1.29 is 33.6 Å². The number of carbonyl (C=O) groups is 2. The molecule has 0 aromatic heterocycles. The van der Waals surface area contributed by atoms with E-state index in [0.29, 0.717) is 53.7 Å². The summed E-state index contributed by atoms with van der Waals surface area (Å²) in [6.07, 6.45) is 0.640. The summed E-state index contributed by atoms with van der Waals surface area (Å²) < 4.78 is 22.0. The van der Waals surface area contributed by atoms with Crippen molar-refractivity contribution in [2.24, 2.45) is 0 Å². The van der Waals surface area contributed by atoms with Crippen molar-refractivity contribution in [1.82, 2.24) is 9.80 Å². The van der Waals surface area contributed by atoms with Crippen LogP contribution in [-0.4, -0.2) is 81.7 Å². The Morgan fingerprint density at radius 2 is 1.69 bits per heavy atom. The number of benzene rings is 2. The van der Waals surface area contributed by atoms with Crippen LogP contribution < -0.4 is 18.9 Å². The van der Waals surface area contributed by atoms with Crippen molar-refractivity contribution in [2.45, 2.75) is 19.4 Å². The summed E-state index contributed by atoms with van der Waals surface area (Å²) in [5, 5.41) is 11.3. The molecule has 0 bridgehead atoms. The van der Waals surface area contributed by atoms with Gasteiger partial charge in [0.05, 0.1) is 39.6 Å². The third-order valence-corrected chi connectivity index (χ3v) is 5.97. The van der Waals surface area contributed by atoms with Crippen LogP contribution in [0.15, 0.2) is 42.0 Å². The number of nitrogens with zero attached hydrogens (tertiary/aromatic N) is 2. The number of hydrogen-bond donors (Lipinski definition) is 1. The Morgan fingerprint density at radius 1 is 1.03 bits per heavy atom. The lowest BCUT2D eigenvalue weighted by Gasteiger charge is -2.27. The second-order valence-electron chi connectivity index (χ2n) is 8.57. The van der Waals surface area contributed by atoms with Gasteiger partial charge >= 0.3 is 0 Å². The highest BCUT2D eigenvalue weighted by Gasteiger charge is 2.46. The number of ketones is 1. The van der Waals surface area contributed by atoms with Gasteiger partial charge in [0.25, 0.3) is 11.7 Å². The Morgan fingerprint density at radius 3 is 2.25 bits per heavy atom. The molecule has 9 heteroatoms. The van der Waals surface area contributed by atoms with Gasteiger partial charge in [-0.1, -0.05) is 12.1 Å². The van der Waals surface area contributed by atoms with Crippen LogP contribution in [0.2, 0.25) is 0 Å². The second-order valence-corrected chi connectivity index (χ2v) is 8.57. The molecule has 3 rings (SSSR count). The molecule has 194 valence electrons. The summed E-state index contributed by atoms with van der Waals surface area (Å²) in [4.78, 5) is 30.0. The molecule has 9 nitrogen and oxygen atoms in total. The van der Waals surface area contributed by atoms with Gasteiger partial charge in [-0.25, -0.2) is 0 Å². The third kappa shape index (κ3) is 5.41. The maximum Gasteiger partial charge on any atom is 0.295 e. The highest BCUT2D eigenvalue weighted by Crippen LogP contribution is 2.45. The molecular weight excluding hydrogens is 464 g/mol. The van der Waals surface area contributed by atoms with E-state index in [1.165, 1.54) is 26.2 Å². The third-order valence-electron chi connectivity index (χ3n) is 5.97. The van der Waals surface area contributed by atoms with Crippen molar-refractivity contribution in [2.75, 3.05) is 55.1 Å². The van der Waals surface area contributed by atoms with Crippen LogP contribution in [0.25, 0.3) is 5.76 Å². The van der Waals surface area contributed by atoms with E-state index in [0.717, 1.165) is 6.54 Å². The SMILES string of the molecule is CCOc1cccc(C(O)=C2C(=O)C(=O)N(CCCN(C)C)C2c2cc(OC)c(OC)c(OC)c2)c1. The minimum Gasteiger partial charge on any atom is -0.507 e. The Bertz CT molecular complexity index is 1120. The molecule has 1 aliphatic heterocycles. The van der Waals surface area contributed by atoms with Gasteiger partial charge in [-0.05, 0) is 63.8 Å². The Hall–Kier alpha value is -3.72.